The minimum absolute atomic E-state index is 0. The van der Waals surface area contributed by atoms with E-state index in [2.05, 4.69) is 15.6 Å². The Bertz CT molecular complexity index is 704. The van der Waals surface area contributed by atoms with Crippen molar-refractivity contribution >= 4 is 34.8 Å². The first-order valence-electron chi connectivity index (χ1n) is 7.55. The highest BCUT2D eigenvalue weighted by molar-refractivity contribution is 7.15. The zero-order valence-electron chi connectivity index (χ0n) is 12.9. The summed E-state index contributed by atoms with van der Waals surface area (Å²) in [5.41, 5.74) is 0.666. The topological polar surface area (TPSA) is 54.0 Å². The van der Waals surface area contributed by atoms with Crippen molar-refractivity contribution in [1.29, 1.82) is 0 Å². The normalized spacial score (nSPS) is 17.2. The second-order valence-electron chi connectivity index (χ2n) is 5.55. The number of rotatable bonds is 4. The maximum Gasteiger partial charge on any atom is 0.243 e. The molecule has 8 heteroatoms. The molecule has 1 unspecified atom stereocenters. The summed E-state index contributed by atoms with van der Waals surface area (Å²) in [4.78, 5) is 17.2. The molecule has 1 amide bonds. The molecule has 2 heterocycles. The molecule has 3 rings (SSSR count). The van der Waals surface area contributed by atoms with Gasteiger partial charge in [-0.15, -0.1) is 23.7 Å². The number of amides is 1. The molecule has 24 heavy (non-hydrogen) atoms. The molecule has 2 aromatic rings. The number of carbonyl (C=O) groups is 1. The molecule has 1 saturated heterocycles. The summed E-state index contributed by atoms with van der Waals surface area (Å²) in [5.74, 6) is -1.78. The van der Waals surface area contributed by atoms with Crippen LogP contribution in [0.5, 0.6) is 0 Å². The minimum Gasteiger partial charge on any atom is -0.306 e. The lowest BCUT2D eigenvalue weighted by Gasteiger charge is -2.21. The van der Waals surface area contributed by atoms with Crippen LogP contribution < -0.4 is 10.6 Å². The monoisotopic (exact) mass is 373 g/mol. The molecular formula is C16H18ClF2N3OS. The number of carbonyl (C=O) groups excluding carboxylic acids is 1. The zero-order valence-corrected chi connectivity index (χ0v) is 14.5. The fraction of sp³-hybridized carbons (Fsp3) is 0.375. The quantitative estimate of drug-likeness (QED) is 0.862. The van der Waals surface area contributed by atoms with Crippen LogP contribution in [0.25, 0.3) is 0 Å². The first-order valence-corrected chi connectivity index (χ1v) is 8.36. The van der Waals surface area contributed by atoms with Gasteiger partial charge in [0.25, 0.3) is 0 Å². The number of anilines is 1. The number of thiazole rings is 1. The van der Waals surface area contributed by atoms with Crippen molar-refractivity contribution in [2.75, 3.05) is 11.9 Å². The molecule has 0 bridgehead atoms. The van der Waals surface area contributed by atoms with Crippen LogP contribution >= 0.6 is 23.7 Å². The summed E-state index contributed by atoms with van der Waals surface area (Å²) < 4.78 is 26.1. The second kappa shape index (κ2) is 8.50. The van der Waals surface area contributed by atoms with Crippen molar-refractivity contribution in [3.63, 3.8) is 0 Å². The van der Waals surface area contributed by atoms with Gasteiger partial charge in [0, 0.05) is 17.5 Å². The lowest BCUT2D eigenvalue weighted by atomic mass is 10.0. The Labute approximate surface area is 149 Å². The lowest BCUT2D eigenvalue weighted by molar-refractivity contribution is -0.118. The van der Waals surface area contributed by atoms with Gasteiger partial charge in [-0.05, 0) is 37.1 Å². The van der Waals surface area contributed by atoms with Crippen LogP contribution in [0.2, 0.25) is 0 Å². The Morgan fingerprint density at radius 2 is 2.17 bits per heavy atom. The largest absolute Gasteiger partial charge is 0.306 e. The highest BCUT2D eigenvalue weighted by atomic mass is 35.5. The van der Waals surface area contributed by atoms with Gasteiger partial charge in [0.2, 0.25) is 5.91 Å². The van der Waals surface area contributed by atoms with E-state index in [0.29, 0.717) is 17.1 Å². The van der Waals surface area contributed by atoms with Crippen molar-refractivity contribution in [2.24, 2.45) is 0 Å². The van der Waals surface area contributed by atoms with Crippen LogP contribution in [-0.4, -0.2) is 23.5 Å². The smallest absolute Gasteiger partial charge is 0.243 e. The number of nitrogens with one attached hydrogen (secondary N) is 2. The molecule has 0 spiro atoms. The Hall–Kier alpha value is -1.57. The van der Waals surface area contributed by atoms with Gasteiger partial charge in [0.1, 0.15) is 0 Å². The molecular weight excluding hydrogens is 356 g/mol. The molecule has 0 radical (unpaired) electrons. The van der Waals surface area contributed by atoms with Gasteiger partial charge in [-0.3, -0.25) is 4.79 Å². The third kappa shape index (κ3) is 4.72. The standard InChI is InChI=1S/C16H17F2N3OS.ClH/c17-12-5-4-10(8-13(12)18)7-11-9-20-16(23-11)21-15(22)14-3-1-2-6-19-14;/h4-5,8-9,14,19H,1-3,6-7H2,(H,20,21,22);1H. The van der Waals surface area contributed by atoms with E-state index in [9.17, 15) is 13.6 Å². The number of hydrogen-bond donors (Lipinski definition) is 2. The Balaban J connectivity index is 0.00000208. The summed E-state index contributed by atoms with van der Waals surface area (Å²) in [7, 11) is 0. The molecule has 2 N–H and O–H groups in total. The summed E-state index contributed by atoms with van der Waals surface area (Å²) in [6.45, 7) is 0.858. The van der Waals surface area contributed by atoms with Gasteiger partial charge in [-0.1, -0.05) is 12.5 Å². The highest BCUT2D eigenvalue weighted by Crippen LogP contribution is 2.22. The van der Waals surface area contributed by atoms with E-state index in [-0.39, 0.29) is 24.4 Å². The Kier molecular flexibility index (Phi) is 6.65. The maximum absolute atomic E-state index is 13.2. The van der Waals surface area contributed by atoms with Crippen molar-refractivity contribution in [3.05, 3.63) is 46.5 Å². The maximum atomic E-state index is 13.2. The molecule has 4 nitrogen and oxygen atoms in total. The average Bonchev–Trinajstić information content (AvgIpc) is 2.99. The fourth-order valence-electron chi connectivity index (χ4n) is 2.57. The molecule has 1 aromatic carbocycles. The Morgan fingerprint density at radius 3 is 2.88 bits per heavy atom. The van der Waals surface area contributed by atoms with Crippen LogP contribution in [0.4, 0.5) is 13.9 Å². The van der Waals surface area contributed by atoms with E-state index in [1.54, 1.807) is 12.3 Å². The van der Waals surface area contributed by atoms with Gasteiger partial charge in [-0.2, -0.15) is 0 Å². The van der Waals surface area contributed by atoms with Crippen molar-refractivity contribution in [3.8, 4) is 0 Å². The number of nitrogens with zero attached hydrogens (tertiary/aromatic N) is 1. The van der Waals surface area contributed by atoms with Crippen molar-refractivity contribution in [2.45, 2.75) is 31.7 Å². The van der Waals surface area contributed by atoms with Gasteiger partial charge in [0.15, 0.2) is 16.8 Å². The summed E-state index contributed by atoms with van der Waals surface area (Å²) in [5, 5.41) is 6.52. The van der Waals surface area contributed by atoms with E-state index in [4.69, 9.17) is 0 Å². The zero-order chi connectivity index (χ0) is 16.2. The predicted molar refractivity (Wildman–Crippen MR) is 92.8 cm³/mol. The minimum atomic E-state index is -0.857. The number of aromatic nitrogens is 1. The number of hydrogen-bond acceptors (Lipinski definition) is 4. The summed E-state index contributed by atoms with van der Waals surface area (Å²) in [6, 6.07) is 3.67. The van der Waals surface area contributed by atoms with E-state index in [0.717, 1.165) is 36.8 Å². The number of halogens is 3. The third-order valence-corrected chi connectivity index (χ3v) is 4.69. The second-order valence-corrected chi connectivity index (χ2v) is 6.66. The van der Waals surface area contributed by atoms with E-state index in [1.165, 1.54) is 17.4 Å². The summed E-state index contributed by atoms with van der Waals surface area (Å²) >= 11 is 1.34. The van der Waals surface area contributed by atoms with Crippen LogP contribution in [-0.2, 0) is 11.2 Å². The van der Waals surface area contributed by atoms with Crippen LogP contribution in [0, 0.1) is 11.6 Å². The molecule has 1 atom stereocenters. The fourth-order valence-corrected chi connectivity index (χ4v) is 3.42. The van der Waals surface area contributed by atoms with Crippen molar-refractivity contribution in [1.82, 2.24) is 10.3 Å². The summed E-state index contributed by atoms with van der Waals surface area (Å²) in [6.07, 6.45) is 5.07. The number of benzene rings is 1. The van der Waals surface area contributed by atoms with Crippen LogP contribution in [0.1, 0.15) is 29.7 Å². The molecule has 0 aliphatic carbocycles. The van der Waals surface area contributed by atoms with E-state index < -0.39 is 11.6 Å². The van der Waals surface area contributed by atoms with E-state index >= 15 is 0 Å². The lowest BCUT2D eigenvalue weighted by Crippen LogP contribution is -2.43. The SMILES string of the molecule is Cl.O=C(Nc1ncc(Cc2ccc(F)c(F)c2)s1)C1CCCCN1. The average molecular weight is 374 g/mol. The Morgan fingerprint density at radius 1 is 1.33 bits per heavy atom. The third-order valence-electron chi connectivity index (χ3n) is 3.77. The van der Waals surface area contributed by atoms with Gasteiger partial charge in [-0.25, -0.2) is 13.8 Å². The van der Waals surface area contributed by atoms with Gasteiger partial charge in [0.05, 0.1) is 6.04 Å². The number of piperidine rings is 1. The molecule has 0 saturated carbocycles. The first-order chi connectivity index (χ1) is 11.1. The van der Waals surface area contributed by atoms with Crippen LogP contribution in [0.15, 0.2) is 24.4 Å². The molecule has 1 aromatic heterocycles. The molecule has 1 aliphatic rings. The predicted octanol–water partition coefficient (Wildman–Crippen LogP) is 3.51. The molecule has 130 valence electrons. The van der Waals surface area contributed by atoms with E-state index in [1.807, 2.05) is 0 Å². The van der Waals surface area contributed by atoms with Crippen LogP contribution in [0.3, 0.4) is 0 Å². The first kappa shape index (κ1) is 18.8. The molecule has 1 aliphatic heterocycles. The van der Waals surface area contributed by atoms with Gasteiger partial charge < -0.3 is 10.6 Å². The molecule has 1 fully saturated rings. The highest BCUT2D eigenvalue weighted by Gasteiger charge is 2.21. The van der Waals surface area contributed by atoms with Gasteiger partial charge >= 0.3 is 0 Å². The van der Waals surface area contributed by atoms with Crippen molar-refractivity contribution < 1.29 is 13.6 Å².